The van der Waals surface area contributed by atoms with Crippen molar-refractivity contribution < 1.29 is 9.21 Å². The van der Waals surface area contributed by atoms with E-state index in [0.29, 0.717) is 12.3 Å². The fourth-order valence-corrected chi connectivity index (χ4v) is 1.68. The van der Waals surface area contributed by atoms with Crippen molar-refractivity contribution in [2.45, 2.75) is 25.0 Å². The maximum atomic E-state index is 11.6. The highest BCUT2D eigenvalue weighted by atomic mass is 32.2. The van der Waals surface area contributed by atoms with E-state index >= 15 is 0 Å². The number of likely N-dealkylation sites (N-methyl/N-ethyl adjacent to an activating group) is 1. The number of furan rings is 1. The van der Waals surface area contributed by atoms with Gasteiger partial charge in [-0.15, -0.1) is 0 Å². The van der Waals surface area contributed by atoms with E-state index in [1.807, 2.05) is 20.1 Å². The Bertz CT molecular complexity index is 338. The number of hydrogen-bond acceptors (Lipinski definition) is 4. The van der Waals surface area contributed by atoms with Crippen molar-refractivity contribution in [3.05, 3.63) is 17.9 Å². The standard InChI is InChI=1S/C11H18N2O2S/c1-4-12-8(2)7-13-11(14)9-5-6-10(15-9)16-3/h5-6,8,12H,4,7H2,1-3H3,(H,13,14)/t8-/m1/s1. The number of thioether (sulfide) groups is 1. The molecule has 16 heavy (non-hydrogen) atoms. The number of hydrogen-bond donors (Lipinski definition) is 2. The molecule has 0 bridgehead atoms. The zero-order valence-corrected chi connectivity index (χ0v) is 10.7. The van der Waals surface area contributed by atoms with Crippen LogP contribution in [-0.2, 0) is 0 Å². The van der Waals surface area contributed by atoms with Crippen LogP contribution in [0.1, 0.15) is 24.4 Å². The highest BCUT2D eigenvalue weighted by Crippen LogP contribution is 2.17. The first-order chi connectivity index (χ1) is 7.67. The van der Waals surface area contributed by atoms with Crippen LogP contribution in [0.5, 0.6) is 0 Å². The van der Waals surface area contributed by atoms with Crippen LogP contribution in [0.15, 0.2) is 21.6 Å². The van der Waals surface area contributed by atoms with Gasteiger partial charge in [-0.1, -0.05) is 18.7 Å². The predicted molar refractivity (Wildman–Crippen MR) is 66.0 cm³/mol. The molecule has 1 aromatic heterocycles. The molecular formula is C11H18N2O2S. The molecule has 5 heteroatoms. The van der Waals surface area contributed by atoms with Gasteiger partial charge in [0.15, 0.2) is 10.9 Å². The van der Waals surface area contributed by atoms with Crippen molar-refractivity contribution in [1.82, 2.24) is 10.6 Å². The molecule has 0 aliphatic heterocycles. The summed E-state index contributed by atoms with van der Waals surface area (Å²) in [5, 5.41) is 6.79. The molecule has 1 rings (SSSR count). The van der Waals surface area contributed by atoms with Crippen LogP contribution in [0.25, 0.3) is 0 Å². The molecule has 1 heterocycles. The molecule has 0 saturated carbocycles. The highest BCUT2D eigenvalue weighted by Gasteiger charge is 2.11. The Morgan fingerprint density at radius 3 is 2.88 bits per heavy atom. The van der Waals surface area contributed by atoms with Crippen LogP contribution in [0.2, 0.25) is 0 Å². The van der Waals surface area contributed by atoms with Crippen molar-refractivity contribution in [3.8, 4) is 0 Å². The fraction of sp³-hybridized carbons (Fsp3) is 0.545. The Morgan fingerprint density at radius 1 is 1.56 bits per heavy atom. The van der Waals surface area contributed by atoms with Gasteiger partial charge in [-0.25, -0.2) is 0 Å². The van der Waals surface area contributed by atoms with E-state index in [0.717, 1.165) is 11.6 Å². The lowest BCUT2D eigenvalue weighted by Crippen LogP contribution is -2.38. The molecule has 0 fully saturated rings. The van der Waals surface area contributed by atoms with E-state index in [9.17, 15) is 4.79 Å². The second-order valence-corrected chi connectivity index (χ2v) is 4.30. The third-order valence-corrected chi connectivity index (χ3v) is 2.75. The second kappa shape index (κ2) is 6.60. The van der Waals surface area contributed by atoms with E-state index < -0.39 is 0 Å². The largest absolute Gasteiger partial charge is 0.445 e. The first-order valence-electron chi connectivity index (χ1n) is 5.32. The summed E-state index contributed by atoms with van der Waals surface area (Å²) < 4.78 is 5.32. The number of amides is 1. The summed E-state index contributed by atoms with van der Waals surface area (Å²) in [6, 6.07) is 3.76. The lowest BCUT2D eigenvalue weighted by Gasteiger charge is -2.12. The van der Waals surface area contributed by atoms with Gasteiger partial charge in [0.05, 0.1) is 0 Å². The molecule has 90 valence electrons. The smallest absolute Gasteiger partial charge is 0.287 e. The molecule has 2 N–H and O–H groups in total. The van der Waals surface area contributed by atoms with Crippen LogP contribution in [0.3, 0.4) is 0 Å². The molecule has 0 unspecified atom stereocenters. The quantitative estimate of drug-likeness (QED) is 0.746. The van der Waals surface area contributed by atoms with E-state index in [4.69, 9.17) is 4.42 Å². The Balaban J connectivity index is 2.40. The first-order valence-corrected chi connectivity index (χ1v) is 6.55. The molecule has 4 nitrogen and oxygen atoms in total. The summed E-state index contributed by atoms with van der Waals surface area (Å²) in [5.74, 6) is 0.207. The SMILES string of the molecule is CCN[C@H](C)CNC(=O)c1ccc(SC)o1. The van der Waals surface area contributed by atoms with Gasteiger partial charge >= 0.3 is 0 Å². The van der Waals surface area contributed by atoms with Gasteiger partial charge in [0.1, 0.15) is 0 Å². The van der Waals surface area contributed by atoms with E-state index in [1.165, 1.54) is 11.8 Å². The van der Waals surface area contributed by atoms with Crippen LogP contribution in [0.4, 0.5) is 0 Å². The zero-order valence-electron chi connectivity index (χ0n) is 9.87. The molecule has 1 atom stereocenters. The minimum atomic E-state index is -0.162. The molecule has 0 saturated heterocycles. The topological polar surface area (TPSA) is 54.3 Å². The minimum Gasteiger partial charge on any atom is -0.445 e. The summed E-state index contributed by atoms with van der Waals surface area (Å²) >= 11 is 1.48. The van der Waals surface area contributed by atoms with E-state index in [2.05, 4.69) is 10.6 Å². The Kier molecular flexibility index (Phi) is 5.42. The van der Waals surface area contributed by atoms with Crippen molar-refractivity contribution in [3.63, 3.8) is 0 Å². The molecule has 1 amide bonds. The van der Waals surface area contributed by atoms with Gasteiger partial charge in [-0.2, -0.15) is 0 Å². The maximum absolute atomic E-state index is 11.6. The molecule has 0 aliphatic rings. The lowest BCUT2D eigenvalue weighted by atomic mass is 10.3. The monoisotopic (exact) mass is 242 g/mol. The lowest BCUT2D eigenvalue weighted by molar-refractivity contribution is 0.0917. The Morgan fingerprint density at radius 2 is 2.31 bits per heavy atom. The van der Waals surface area contributed by atoms with Gasteiger partial charge in [0.25, 0.3) is 5.91 Å². The van der Waals surface area contributed by atoms with Crippen LogP contribution in [-0.4, -0.2) is 31.3 Å². The molecule has 0 aliphatic carbocycles. The Labute approximate surface area is 100 Å². The summed E-state index contributed by atoms with van der Waals surface area (Å²) in [4.78, 5) is 11.6. The Hall–Kier alpha value is -0.940. The van der Waals surface area contributed by atoms with E-state index in [-0.39, 0.29) is 11.9 Å². The van der Waals surface area contributed by atoms with Gasteiger partial charge < -0.3 is 15.1 Å². The van der Waals surface area contributed by atoms with Crippen molar-refractivity contribution in [1.29, 1.82) is 0 Å². The number of rotatable bonds is 6. The van der Waals surface area contributed by atoms with Gasteiger partial charge in [-0.05, 0) is 31.9 Å². The third kappa shape index (κ3) is 3.90. The van der Waals surface area contributed by atoms with Crippen molar-refractivity contribution >= 4 is 17.7 Å². The zero-order chi connectivity index (χ0) is 12.0. The highest BCUT2D eigenvalue weighted by molar-refractivity contribution is 7.98. The maximum Gasteiger partial charge on any atom is 0.287 e. The molecule has 0 aromatic carbocycles. The molecule has 1 aromatic rings. The van der Waals surface area contributed by atoms with Crippen molar-refractivity contribution in [2.75, 3.05) is 19.3 Å². The second-order valence-electron chi connectivity index (χ2n) is 3.49. The number of nitrogens with one attached hydrogen (secondary N) is 2. The summed E-state index contributed by atoms with van der Waals surface area (Å²) in [6.45, 7) is 5.56. The summed E-state index contributed by atoms with van der Waals surface area (Å²) in [6.07, 6.45) is 1.91. The summed E-state index contributed by atoms with van der Waals surface area (Å²) in [7, 11) is 0. The van der Waals surface area contributed by atoms with Gasteiger partial charge in [0.2, 0.25) is 0 Å². The normalized spacial score (nSPS) is 12.4. The van der Waals surface area contributed by atoms with Gasteiger partial charge in [-0.3, -0.25) is 4.79 Å². The average molecular weight is 242 g/mol. The molecular weight excluding hydrogens is 224 g/mol. The minimum absolute atomic E-state index is 0.162. The molecule has 0 radical (unpaired) electrons. The van der Waals surface area contributed by atoms with Gasteiger partial charge in [0, 0.05) is 12.6 Å². The fourth-order valence-electron chi connectivity index (χ4n) is 1.31. The third-order valence-electron chi connectivity index (χ3n) is 2.13. The average Bonchev–Trinajstić information content (AvgIpc) is 2.75. The van der Waals surface area contributed by atoms with Crippen LogP contribution in [0, 0.1) is 0 Å². The predicted octanol–water partition coefficient (Wildman–Crippen LogP) is 1.73. The van der Waals surface area contributed by atoms with E-state index in [1.54, 1.807) is 12.1 Å². The molecule has 0 spiro atoms. The van der Waals surface area contributed by atoms with Crippen molar-refractivity contribution in [2.24, 2.45) is 0 Å². The first kappa shape index (κ1) is 13.1. The number of carbonyl (C=O) groups is 1. The number of carbonyl (C=O) groups excluding carboxylic acids is 1. The van der Waals surface area contributed by atoms with Crippen LogP contribution < -0.4 is 10.6 Å². The van der Waals surface area contributed by atoms with Crippen LogP contribution >= 0.6 is 11.8 Å². The summed E-state index contributed by atoms with van der Waals surface area (Å²) in [5.41, 5.74) is 0.